The van der Waals surface area contributed by atoms with Crippen LogP contribution in [0.4, 0.5) is 0 Å². The Labute approximate surface area is 429 Å². The minimum Gasteiger partial charge on any atom is -0.508 e. The van der Waals surface area contributed by atoms with E-state index in [9.17, 15) is 25.4 Å². The molecule has 364 valence electrons. The minimum absolute atomic E-state index is 0.236. The topological polar surface area (TPSA) is 134 Å². The molecule has 0 amide bonds. The van der Waals surface area contributed by atoms with Gasteiger partial charge in [-0.05, 0) is 146 Å². The van der Waals surface area contributed by atoms with E-state index in [0.717, 1.165) is 128 Å². The summed E-state index contributed by atoms with van der Waals surface area (Å²) in [6, 6.07) is 66.5. The Balaban J connectivity index is 0.000000160. The van der Waals surface area contributed by atoms with Crippen LogP contribution < -0.4 is 0 Å². The predicted octanol–water partition coefficient (Wildman–Crippen LogP) is 16.5. The Bertz CT molecular complexity index is 3290. The summed E-state index contributed by atoms with van der Waals surface area (Å²) in [6.45, 7) is 6.41. The van der Waals surface area contributed by atoms with Gasteiger partial charge in [0.1, 0.15) is 17.2 Å². The SMILES string of the molecule is CCCc1cc(/C=N/O)c(-c2ccccc2)c(-c2ccc(O)cc2)c1.CCCc1cc(C#N)c(-c2ccccc2)c(-c2ccc(O)cc2)c1.CCCc1cc(C=O)c(-c2ccccc2)c(-c2ccc(O)cc2)c1. The third-order valence-corrected chi connectivity index (χ3v) is 12.4. The number of hydrogen-bond acceptors (Lipinski definition) is 7. The van der Waals surface area contributed by atoms with Crippen LogP contribution in [0, 0.1) is 11.3 Å². The molecule has 4 N–H and O–H groups in total. The maximum absolute atomic E-state index is 11.8. The summed E-state index contributed by atoms with van der Waals surface area (Å²) in [7, 11) is 0. The first-order valence-corrected chi connectivity index (χ1v) is 24.8. The van der Waals surface area contributed by atoms with E-state index >= 15 is 0 Å². The van der Waals surface area contributed by atoms with Crippen molar-refractivity contribution in [1.82, 2.24) is 0 Å². The van der Waals surface area contributed by atoms with Gasteiger partial charge in [0.2, 0.25) is 0 Å². The van der Waals surface area contributed by atoms with Crippen molar-refractivity contribution in [1.29, 1.82) is 5.26 Å². The lowest BCUT2D eigenvalue weighted by molar-refractivity contribution is 0.112. The van der Waals surface area contributed by atoms with E-state index in [2.05, 4.69) is 56.3 Å². The van der Waals surface area contributed by atoms with Gasteiger partial charge in [0, 0.05) is 22.3 Å². The van der Waals surface area contributed by atoms with Gasteiger partial charge in [0.15, 0.2) is 6.29 Å². The zero-order chi connectivity index (χ0) is 51.5. The number of nitriles is 1. The molecule has 0 aromatic heterocycles. The second-order valence-electron chi connectivity index (χ2n) is 17.7. The summed E-state index contributed by atoms with van der Waals surface area (Å²) >= 11 is 0. The molecule has 0 unspecified atom stereocenters. The lowest BCUT2D eigenvalue weighted by Gasteiger charge is -2.16. The number of nitrogens with zero attached hydrogens (tertiary/aromatic N) is 2. The lowest BCUT2D eigenvalue weighted by atomic mass is 9.88. The molecule has 0 bridgehead atoms. The van der Waals surface area contributed by atoms with Crippen LogP contribution in [0.25, 0.3) is 66.8 Å². The first kappa shape index (κ1) is 51.8. The van der Waals surface area contributed by atoms with E-state index < -0.39 is 0 Å². The highest BCUT2D eigenvalue weighted by Gasteiger charge is 2.17. The van der Waals surface area contributed by atoms with E-state index in [1.165, 1.54) is 11.8 Å². The fourth-order valence-electron chi connectivity index (χ4n) is 9.18. The van der Waals surface area contributed by atoms with Gasteiger partial charge in [-0.25, -0.2) is 0 Å². The van der Waals surface area contributed by atoms with Crippen LogP contribution in [-0.2, 0) is 19.3 Å². The summed E-state index contributed by atoms with van der Waals surface area (Å²) < 4.78 is 0. The van der Waals surface area contributed by atoms with Crippen molar-refractivity contribution in [3.05, 3.63) is 234 Å². The first-order chi connectivity index (χ1) is 35.7. The molecule has 73 heavy (non-hydrogen) atoms. The molecule has 0 saturated heterocycles. The molecular weight excluding hydrogens is 901 g/mol. The van der Waals surface area contributed by atoms with Crippen LogP contribution in [-0.4, -0.2) is 33.0 Å². The molecule has 0 heterocycles. The zero-order valence-corrected chi connectivity index (χ0v) is 41.5. The van der Waals surface area contributed by atoms with Crippen LogP contribution in [0.15, 0.2) is 205 Å². The number of carbonyl (C=O) groups is 1. The van der Waals surface area contributed by atoms with Crippen molar-refractivity contribution in [3.8, 4) is 90.1 Å². The molecule has 9 rings (SSSR count). The van der Waals surface area contributed by atoms with Crippen molar-refractivity contribution in [2.75, 3.05) is 0 Å². The molecular formula is C66H60N2O5. The number of phenols is 3. The summed E-state index contributed by atoms with van der Waals surface area (Å²) in [5, 5.41) is 50.9. The lowest BCUT2D eigenvalue weighted by Crippen LogP contribution is -1.97. The highest BCUT2D eigenvalue weighted by atomic mass is 16.4. The number of aryl methyl sites for hydroxylation is 3. The van der Waals surface area contributed by atoms with Gasteiger partial charge in [-0.2, -0.15) is 5.26 Å². The molecule has 0 aliphatic rings. The number of benzene rings is 9. The number of rotatable bonds is 14. The van der Waals surface area contributed by atoms with E-state index in [1.807, 2.05) is 140 Å². The Kier molecular flexibility index (Phi) is 18.3. The van der Waals surface area contributed by atoms with Gasteiger partial charge in [0.25, 0.3) is 0 Å². The largest absolute Gasteiger partial charge is 0.508 e. The van der Waals surface area contributed by atoms with Gasteiger partial charge in [-0.3, -0.25) is 4.79 Å². The summed E-state index contributed by atoms with van der Waals surface area (Å²) in [6.07, 6.45) is 8.34. The molecule has 0 atom stereocenters. The Morgan fingerprint density at radius 2 is 0.753 bits per heavy atom. The average Bonchev–Trinajstić information content (AvgIpc) is 3.42. The quantitative estimate of drug-likeness (QED) is 0.0371. The van der Waals surface area contributed by atoms with Crippen LogP contribution in [0.3, 0.4) is 0 Å². The maximum Gasteiger partial charge on any atom is 0.150 e. The van der Waals surface area contributed by atoms with E-state index in [4.69, 9.17) is 5.21 Å². The zero-order valence-electron chi connectivity index (χ0n) is 41.5. The third-order valence-electron chi connectivity index (χ3n) is 12.4. The second kappa shape index (κ2) is 25.7. The molecule has 0 saturated carbocycles. The van der Waals surface area contributed by atoms with Crippen molar-refractivity contribution in [2.45, 2.75) is 59.3 Å². The molecule has 7 heteroatoms. The highest BCUT2D eigenvalue weighted by Crippen LogP contribution is 2.40. The van der Waals surface area contributed by atoms with Gasteiger partial charge in [-0.15, -0.1) is 0 Å². The predicted molar refractivity (Wildman–Crippen MR) is 298 cm³/mol. The molecule has 0 aliphatic carbocycles. The average molecular weight is 961 g/mol. The van der Waals surface area contributed by atoms with E-state index in [1.54, 1.807) is 36.4 Å². The third kappa shape index (κ3) is 13.3. The van der Waals surface area contributed by atoms with E-state index in [0.29, 0.717) is 11.1 Å². The first-order valence-electron chi connectivity index (χ1n) is 24.8. The van der Waals surface area contributed by atoms with Gasteiger partial charge in [0.05, 0.1) is 17.8 Å². The Morgan fingerprint density at radius 1 is 0.425 bits per heavy atom. The number of carbonyl (C=O) groups excluding carboxylic acids is 1. The van der Waals surface area contributed by atoms with Crippen molar-refractivity contribution < 1.29 is 25.3 Å². The number of hydrogen-bond donors (Lipinski definition) is 4. The van der Waals surface area contributed by atoms with Gasteiger partial charge >= 0.3 is 0 Å². The molecule has 0 radical (unpaired) electrons. The highest BCUT2D eigenvalue weighted by molar-refractivity contribution is 5.98. The summed E-state index contributed by atoms with van der Waals surface area (Å²) in [5.41, 5.74) is 17.9. The normalized spacial score (nSPS) is 10.7. The van der Waals surface area contributed by atoms with Gasteiger partial charge < -0.3 is 20.5 Å². The molecule has 9 aromatic carbocycles. The van der Waals surface area contributed by atoms with Crippen molar-refractivity contribution in [3.63, 3.8) is 0 Å². The number of phenolic OH excluding ortho intramolecular Hbond substituents is 3. The smallest absolute Gasteiger partial charge is 0.150 e. The molecule has 0 fully saturated rings. The second-order valence-corrected chi connectivity index (χ2v) is 17.7. The van der Waals surface area contributed by atoms with Crippen LogP contribution in [0.2, 0.25) is 0 Å². The molecule has 0 spiro atoms. The minimum atomic E-state index is 0.236. The maximum atomic E-state index is 11.8. The molecule has 7 nitrogen and oxygen atoms in total. The Hall–Kier alpha value is -8.99. The Morgan fingerprint density at radius 3 is 1.10 bits per heavy atom. The number of aromatic hydroxyl groups is 3. The standard InChI is InChI=1S/C22H21NO2.C22H19NO.C22H20O2/c1-2-6-16-13-19(15-23-25)22(18-7-4-3-5-8-18)21(14-16)17-9-11-20(24)12-10-17;2*1-2-6-16-13-19(15-23)22(18-7-4-3-5-8-18)21(14-16)17-9-11-20(24)12-10-17/h3-5,7-15,24-25H,2,6H2,1H3;3-5,7-14,24H,2,6H2,1H3;3-5,7-15,24H,2,6H2,1H3/b23-15+;;. The van der Waals surface area contributed by atoms with Crippen molar-refractivity contribution in [2.24, 2.45) is 5.16 Å². The fraction of sp³-hybridized carbons (Fsp3) is 0.136. The van der Waals surface area contributed by atoms with Crippen molar-refractivity contribution >= 4 is 12.5 Å². The molecule has 0 aliphatic heterocycles. The van der Waals surface area contributed by atoms with Gasteiger partial charge in [-0.1, -0.05) is 191 Å². The fourth-order valence-corrected chi connectivity index (χ4v) is 9.18. The summed E-state index contributed by atoms with van der Waals surface area (Å²) in [4.78, 5) is 11.8. The number of aldehydes is 1. The number of oxime groups is 1. The van der Waals surface area contributed by atoms with Crippen LogP contribution in [0.1, 0.15) is 78.2 Å². The van der Waals surface area contributed by atoms with Crippen LogP contribution >= 0.6 is 0 Å². The van der Waals surface area contributed by atoms with Crippen LogP contribution in [0.5, 0.6) is 17.2 Å². The van der Waals surface area contributed by atoms with E-state index in [-0.39, 0.29) is 17.2 Å². The monoisotopic (exact) mass is 960 g/mol. The summed E-state index contributed by atoms with van der Waals surface area (Å²) in [5.74, 6) is 0.720. The molecule has 9 aromatic rings.